The van der Waals surface area contributed by atoms with Crippen molar-refractivity contribution in [3.05, 3.63) is 47.0 Å². The van der Waals surface area contributed by atoms with E-state index in [9.17, 15) is 10.2 Å². The van der Waals surface area contributed by atoms with Crippen LogP contribution in [0.15, 0.2) is 36.4 Å². The van der Waals surface area contributed by atoms with Crippen LogP contribution >= 0.6 is 11.6 Å². The van der Waals surface area contributed by atoms with Gasteiger partial charge in [-0.15, -0.1) is 0 Å². The van der Waals surface area contributed by atoms with Gasteiger partial charge in [0.15, 0.2) is 0 Å². The van der Waals surface area contributed by atoms with Crippen molar-refractivity contribution >= 4 is 11.6 Å². The summed E-state index contributed by atoms with van der Waals surface area (Å²) in [4.78, 5) is 0. The van der Waals surface area contributed by atoms with Crippen LogP contribution in [0.25, 0.3) is 0 Å². The van der Waals surface area contributed by atoms with Crippen molar-refractivity contribution in [2.45, 2.75) is 0 Å². The molecule has 0 saturated carbocycles. The molecule has 18 heavy (non-hydrogen) atoms. The largest absolute Gasteiger partial charge is 0.508 e. The van der Waals surface area contributed by atoms with Crippen molar-refractivity contribution in [1.29, 1.82) is 5.26 Å². The average molecular weight is 262 g/mol. The van der Waals surface area contributed by atoms with Crippen molar-refractivity contribution in [3.8, 4) is 29.1 Å². The van der Waals surface area contributed by atoms with Crippen molar-refractivity contribution < 1.29 is 14.9 Å². The van der Waals surface area contributed by atoms with Crippen molar-refractivity contribution in [3.63, 3.8) is 0 Å². The molecule has 0 aliphatic heterocycles. The number of rotatable bonds is 2. The molecule has 0 saturated heterocycles. The molecule has 2 aromatic carbocycles. The standard InChI is InChI=1S/C13H8ClNO3/c14-13-6-11(2-1-8(13)7-15)18-12-4-9(16)3-10(17)5-12/h1-6,16-17H. The number of nitriles is 1. The predicted molar refractivity (Wildman–Crippen MR) is 66.0 cm³/mol. The van der Waals surface area contributed by atoms with E-state index in [4.69, 9.17) is 21.6 Å². The molecule has 2 aromatic rings. The van der Waals surface area contributed by atoms with Crippen LogP contribution in [0.2, 0.25) is 5.02 Å². The first kappa shape index (κ1) is 12.1. The summed E-state index contributed by atoms with van der Waals surface area (Å²) in [5.74, 6) is 0.465. The quantitative estimate of drug-likeness (QED) is 0.869. The molecular formula is C13H8ClNO3. The summed E-state index contributed by atoms with van der Waals surface area (Å²) in [6.07, 6.45) is 0. The molecule has 4 nitrogen and oxygen atoms in total. The average Bonchev–Trinajstić information content (AvgIpc) is 2.27. The van der Waals surface area contributed by atoms with E-state index in [1.165, 1.54) is 30.3 Å². The maximum atomic E-state index is 9.30. The third-order valence-electron chi connectivity index (χ3n) is 2.17. The van der Waals surface area contributed by atoms with Crippen LogP contribution in [-0.4, -0.2) is 10.2 Å². The Morgan fingerprint density at radius 1 is 1.00 bits per heavy atom. The summed E-state index contributed by atoms with van der Waals surface area (Å²) < 4.78 is 5.41. The molecule has 0 atom stereocenters. The van der Waals surface area contributed by atoms with Gasteiger partial charge in [0.1, 0.15) is 29.1 Å². The second-order valence-electron chi connectivity index (χ2n) is 3.54. The highest BCUT2D eigenvalue weighted by Crippen LogP contribution is 2.31. The lowest BCUT2D eigenvalue weighted by atomic mass is 10.2. The zero-order valence-electron chi connectivity index (χ0n) is 9.09. The molecule has 5 heteroatoms. The summed E-state index contributed by atoms with van der Waals surface area (Å²) in [6.45, 7) is 0. The van der Waals surface area contributed by atoms with Crippen molar-refractivity contribution in [2.24, 2.45) is 0 Å². The molecule has 0 aliphatic carbocycles. The summed E-state index contributed by atoms with van der Waals surface area (Å²) >= 11 is 5.86. The normalized spacial score (nSPS) is 9.78. The highest BCUT2D eigenvalue weighted by Gasteiger charge is 2.05. The second-order valence-corrected chi connectivity index (χ2v) is 3.95. The Labute approximate surface area is 108 Å². The van der Waals surface area contributed by atoms with Crippen molar-refractivity contribution in [2.75, 3.05) is 0 Å². The van der Waals surface area contributed by atoms with Crippen LogP contribution in [-0.2, 0) is 0 Å². The van der Waals surface area contributed by atoms with Gasteiger partial charge in [-0.1, -0.05) is 11.6 Å². The molecule has 0 unspecified atom stereocenters. The topological polar surface area (TPSA) is 73.5 Å². The fourth-order valence-corrected chi connectivity index (χ4v) is 1.63. The molecule has 0 bridgehead atoms. The van der Waals surface area contributed by atoms with Gasteiger partial charge >= 0.3 is 0 Å². The van der Waals surface area contributed by atoms with Crippen LogP contribution in [0, 0.1) is 11.3 Å². The number of halogens is 1. The van der Waals surface area contributed by atoms with E-state index in [0.717, 1.165) is 0 Å². The SMILES string of the molecule is N#Cc1ccc(Oc2cc(O)cc(O)c2)cc1Cl. The van der Waals surface area contributed by atoms with Crippen LogP contribution in [0.1, 0.15) is 5.56 Å². The molecule has 90 valence electrons. The lowest BCUT2D eigenvalue weighted by molar-refractivity contribution is 0.432. The fourth-order valence-electron chi connectivity index (χ4n) is 1.41. The van der Waals surface area contributed by atoms with Crippen LogP contribution < -0.4 is 4.74 Å². The number of nitrogens with zero attached hydrogens (tertiary/aromatic N) is 1. The van der Waals surface area contributed by atoms with Gasteiger partial charge in [-0.25, -0.2) is 0 Å². The Morgan fingerprint density at radius 2 is 1.67 bits per heavy atom. The predicted octanol–water partition coefficient (Wildman–Crippen LogP) is 3.42. The first-order chi connectivity index (χ1) is 8.58. The molecule has 0 aliphatic rings. The van der Waals surface area contributed by atoms with Crippen LogP contribution in [0.4, 0.5) is 0 Å². The Bertz CT molecular complexity index is 614. The van der Waals surface area contributed by atoms with Crippen LogP contribution in [0.3, 0.4) is 0 Å². The van der Waals surface area contributed by atoms with E-state index in [1.807, 2.05) is 6.07 Å². The molecule has 0 fully saturated rings. The molecule has 0 aromatic heterocycles. The van der Waals surface area contributed by atoms with Crippen molar-refractivity contribution in [1.82, 2.24) is 0 Å². The monoisotopic (exact) mass is 261 g/mol. The molecular weight excluding hydrogens is 254 g/mol. The van der Waals surface area contributed by atoms with E-state index in [-0.39, 0.29) is 22.3 Å². The molecule has 2 N–H and O–H groups in total. The summed E-state index contributed by atoms with van der Waals surface area (Å²) in [5.41, 5.74) is 0.350. The van der Waals surface area contributed by atoms with Crippen LogP contribution in [0.5, 0.6) is 23.0 Å². The number of aromatic hydroxyl groups is 2. The third kappa shape index (κ3) is 2.65. The van der Waals surface area contributed by atoms with E-state index < -0.39 is 0 Å². The fraction of sp³-hybridized carbons (Fsp3) is 0. The Balaban J connectivity index is 2.29. The maximum absolute atomic E-state index is 9.30. The minimum Gasteiger partial charge on any atom is -0.508 e. The Hall–Kier alpha value is -2.38. The first-order valence-electron chi connectivity index (χ1n) is 4.99. The van der Waals surface area contributed by atoms with Gasteiger partial charge in [-0.05, 0) is 12.1 Å². The zero-order chi connectivity index (χ0) is 13.1. The molecule has 0 heterocycles. The molecule has 0 spiro atoms. The number of phenols is 2. The summed E-state index contributed by atoms with van der Waals surface area (Å²) in [7, 11) is 0. The van der Waals surface area contributed by atoms with Gasteiger partial charge in [-0.3, -0.25) is 0 Å². The lowest BCUT2D eigenvalue weighted by Crippen LogP contribution is -1.85. The third-order valence-corrected chi connectivity index (χ3v) is 2.49. The maximum Gasteiger partial charge on any atom is 0.134 e. The van der Waals surface area contributed by atoms with E-state index >= 15 is 0 Å². The smallest absolute Gasteiger partial charge is 0.134 e. The summed E-state index contributed by atoms with van der Waals surface area (Å²) in [5, 5.41) is 27.6. The Morgan fingerprint density at radius 3 is 2.22 bits per heavy atom. The second kappa shape index (κ2) is 4.86. The lowest BCUT2D eigenvalue weighted by Gasteiger charge is -2.07. The van der Waals surface area contributed by atoms with Gasteiger partial charge in [0, 0.05) is 24.3 Å². The van der Waals surface area contributed by atoms with Gasteiger partial charge in [0.25, 0.3) is 0 Å². The molecule has 0 amide bonds. The first-order valence-corrected chi connectivity index (χ1v) is 5.37. The van der Waals surface area contributed by atoms with E-state index in [0.29, 0.717) is 11.3 Å². The van der Waals surface area contributed by atoms with Gasteiger partial charge in [0.2, 0.25) is 0 Å². The number of hydrogen-bond acceptors (Lipinski definition) is 4. The number of benzene rings is 2. The highest BCUT2D eigenvalue weighted by atomic mass is 35.5. The Kier molecular flexibility index (Phi) is 3.26. The van der Waals surface area contributed by atoms with Gasteiger partial charge in [-0.2, -0.15) is 5.26 Å². The summed E-state index contributed by atoms with van der Waals surface area (Å²) in [6, 6.07) is 10.4. The zero-order valence-corrected chi connectivity index (χ0v) is 9.85. The van der Waals surface area contributed by atoms with Gasteiger partial charge < -0.3 is 14.9 Å². The molecule has 2 rings (SSSR count). The number of hydrogen-bond donors (Lipinski definition) is 2. The van der Waals surface area contributed by atoms with E-state index in [2.05, 4.69) is 0 Å². The minimum absolute atomic E-state index is 0.107. The van der Waals surface area contributed by atoms with E-state index in [1.54, 1.807) is 6.07 Å². The number of ether oxygens (including phenoxy) is 1. The molecule has 0 radical (unpaired) electrons. The van der Waals surface area contributed by atoms with Gasteiger partial charge in [0.05, 0.1) is 10.6 Å². The highest BCUT2D eigenvalue weighted by molar-refractivity contribution is 6.31. The number of phenolic OH excluding ortho intramolecular Hbond substituents is 2. The minimum atomic E-state index is -0.107.